The summed E-state index contributed by atoms with van der Waals surface area (Å²) in [6.45, 7) is 2.39. The highest BCUT2D eigenvalue weighted by molar-refractivity contribution is 9.10. The van der Waals surface area contributed by atoms with Crippen molar-refractivity contribution in [3.8, 4) is 0 Å². The first-order chi connectivity index (χ1) is 5.67. The topological polar surface area (TPSA) is 18.5 Å². The number of allylic oxidation sites excluding steroid dienone is 2. The summed E-state index contributed by atoms with van der Waals surface area (Å²) in [4.78, 5) is 0. The van der Waals surface area contributed by atoms with Gasteiger partial charge in [-0.05, 0) is 6.92 Å². The van der Waals surface area contributed by atoms with Gasteiger partial charge in [0.25, 0.3) is 0 Å². The number of rotatable bonds is 3. The van der Waals surface area contributed by atoms with E-state index in [4.69, 9.17) is 9.47 Å². The second kappa shape index (κ2) is 4.21. The van der Waals surface area contributed by atoms with Gasteiger partial charge in [-0.25, -0.2) is 0 Å². The number of hydrogen-bond donors (Lipinski definition) is 0. The van der Waals surface area contributed by atoms with Crippen molar-refractivity contribution in [2.24, 2.45) is 0 Å². The predicted octanol–water partition coefficient (Wildman–Crippen LogP) is 2.26. The highest BCUT2D eigenvalue weighted by Gasteiger charge is 2.28. The summed E-state index contributed by atoms with van der Waals surface area (Å²) in [6.07, 6.45) is 8.09. The average Bonchev–Trinajstić information content (AvgIpc) is 2.02. The van der Waals surface area contributed by atoms with Crippen molar-refractivity contribution in [1.29, 1.82) is 0 Å². The zero-order chi connectivity index (χ0) is 9.03. The van der Waals surface area contributed by atoms with E-state index in [1.165, 1.54) is 0 Å². The second-order valence-corrected chi connectivity index (χ2v) is 4.60. The van der Waals surface area contributed by atoms with Crippen molar-refractivity contribution < 1.29 is 9.47 Å². The van der Waals surface area contributed by atoms with Crippen molar-refractivity contribution in [2.45, 2.75) is 17.4 Å². The Morgan fingerprint density at radius 2 is 2.25 bits per heavy atom. The zero-order valence-electron chi connectivity index (χ0n) is 7.29. The first kappa shape index (κ1) is 9.96. The van der Waals surface area contributed by atoms with Crippen LogP contribution in [0.3, 0.4) is 0 Å². The second-order valence-electron chi connectivity index (χ2n) is 2.89. The van der Waals surface area contributed by atoms with E-state index in [0.29, 0.717) is 6.79 Å². The van der Waals surface area contributed by atoms with E-state index in [1.54, 1.807) is 7.11 Å². The van der Waals surface area contributed by atoms with E-state index in [9.17, 15) is 0 Å². The van der Waals surface area contributed by atoms with Crippen LogP contribution in [0.4, 0.5) is 0 Å². The third-order valence-electron chi connectivity index (χ3n) is 1.74. The Hall–Kier alpha value is -0.120. The monoisotopic (exact) mass is 232 g/mol. The fourth-order valence-electron chi connectivity index (χ4n) is 1.05. The van der Waals surface area contributed by atoms with Crippen molar-refractivity contribution in [3.05, 3.63) is 24.3 Å². The van der Waals surface area contributed by atoms with Crippen molar-refractivity contribution >= 4 is 15.9 Å². The number of ether oxygens (including phenoxy) is 2. The first-order valence-electron chi connectivity index (χ1n) is 3.82. The molecule has 12 heavy (non-hydrogen) atoms. The molecular formula is C9H13BrO2. The molecule has 0 aliphatic heterocycles. The maximum absolute atomic E-state index is 5.44. The van der Waals surface area contributed by atoms with Gasteiger partial charge in [-0.3, -0.25) is 0 Å². The Morgan fingerprint density at radius 3 is 2.83 bits per heavy atom. The predicted molar refractivity (Wildman–Crippen MR) is 52.4 cm³/mol. The molecule has 2 nitrogen and oxygen atoms in total. The third kappa shape index (κ3) is 2.44. The standard InChI is InChI=1S/C9H13BrO2/c1-9(10)6-4-3-5-8(9)12-7-11-2/h3-6,8H,7H2,1-2H3. The minimum atomic E-state index is -0.111. The van der Waals surface area contributed by atoms with Crippen molar-refractivity contribution in [3.63, 3.8) is 0 Å². The van der Waals surface area contributed by atoms with E-state index in [-0.39, 0.29) is 10.4 Å². The largest absolute Gasteiger partial charge is 0.359 e. The normalized spacial score (nSPS) is 34.1. The minimum absolute atomic E-state index is 0.0439. The fraction of sp³-hybridized carbons (Fsp3) is 0.556. The van der Waals surface area contributed by atoms with E-state index >= 15 is 0 Å². The molecule has 0 heterocycles. The van der Waals surface area contributed by atoms with Gasteiger partial charge in [-0.2, -0.15) is 0 Å². The Morgan fingerprint density at radius 1 is 1.50 bits per heavy atom. The molecule has 0 saturated heterocycles. The number of hydrogen-bond acceptors (Lipinski definition) is 2. The molecule has 0 saturated carbocycles. The van der Waals surface area contributed by atoms with E-state index < -0.39 is 0 Å². The zero-order valence-corrected chi connectivity index (χ0v) is 8.87. The quantitative estimate of drug-likeness (QED) is 0.549. The van der Waals surface area contributed by atoms with Crippen molar-refractivity contribution in [2.75, 3.05) is 13.9 Å². The molecule has 0 aromatic rings. The average molecular weight is 233 g/mol. The molecule has 3 heteroatoms. The maximum atomic E-state index is 5.44. The Bertz CT molecular complexity index is 197. The van der Waals surface area contributed by atoms with Crippen LogP contribution in [0, 0.1) is 0 Å². The molecule has 0 amide bonds. The van der Waals surface area contributed by atoms with E-state index in [1.807, 2.05) is 18.2 Å². The van der Waals surface area contributed by atoms with Crippen LogP contribution >= 0.6 is 15.9 Å². The van der Waals surface area contributed by atoms with Gasteiger partial charge >= 0.3 is 0 Å². The molecule has 0 spiro atoms. The molecule has 0 N–H and O–H groups in total. The lowest BCUT2D eigenvalue weighted by Crippen LogP contribution is -2.33. The summed E-state index contributed by atoms with van der Waals surface area (Å²) in [6, 6.07) is 0. The van der Waals surface area contributed by atoms with Gasteiger partial charge in [-0.1, -0.05) is 40.2 Å². The van der Waals surface area contributed by atoms with Crippen LogP contribution in [0.25, 0.3) is 0 Å². The minimum Gasteiger partial charge on any atom is -0.359 e. The van der Waals surface area contributed by atoms with Gasteiger partial charge < -0.3 is 9.47 Å². The van der Waals surface area contributed by atoms with Gasteiger partial charge in [0.2, 0.25) is 0 Å². The van der Waals surface area contributed by atoms with Gasteiger partial charge in [0.05, 0.1) is 10.4 Å². The smallest absolute Gasteiger partial charge is 0.147 e. The summed E-state index contributed by atoms with van der Waals surface area (Å²) in [5.41, 5.74) is 0. The van der Waals surface area contributed by atoms with Gasteiger partial charge in [0, 0.05) is 7.11 Å². The number of alkyl halides is 1. The molecule has 2 atom stereocenters. The first-order valence-corrected chi connectivity index (χ1v) is 4.61. The summed E-state index contributed by atoms with van der Waals surface area (Å²) >= 11 is 3.57. The van der Waals surface area contributed by atoms with Crippen LogP contribution in [0.5, 0.6) is 0 Å². The molecule has 1 rings (SSSR count). The fourth-order valence-corrected chi connectivity index (χ4v) is 1.49. The number of halogens is 1. The number of methoxy groups -OCH3 is 1. The third-order valence-corrected chi connectivity index (χ3v) is 2.46. The molecule has 0 aromatic heterocycles. The molecular weight excluding hydrogens is 220 g/mol. The van der Waals surface area contributed by atoms with Crippen molar-refractivity contribution in [1.82, 2.24) is 0 Å². The summed E-state index contributed by atoms with van der Waals surface area (Å²) in [7, 11) is 1.62. The van der Waals surface area contributed by atoms with Crippen LogP contribution in [-0.2, 0) is 9.47 Å². The van der Waals surface area contributed by atoms with Crippen LogP contribution in [0.2, 0.25) is 0 Å². The Kier molecular flexibility index (Phi) is 3.50. The lowest BCUT2D eigenvalue weighted by Gasteiger charge is -2.28. The van der Waals surface area contributed by atoms with Gasteiger partial charge in [0.15, 0.2) is 0 Å². The summed E-state index contributed by atoms with van der Waals surface area (Å²) in [5.74, 6) is 0. The van der Waals surface area contributed by atoms with Crippen LogP contribution in [0.1, 0.15) is 6.92 Å². The SMILES string of the molecule is COCOC1C=CC=CC1(C)Br. The molecule has 1 aliphatic rings. The molecule has 68 valence electrons. The maximum Gasteiger partial charge on any atom is 0.147 e. The Balaban J connectivity index is 2.52. The van der Waals surface area contributed by atoms with Gasteiger partial charge in [-0.15, -0.1) is 0 Å². The molecule has 2 unspecified atom stereocenters. The van der Waals surface area contributed by atoms with E-state index in [2.05, 4.69) is 28.9 Å². The molecule has 0 radical (unpaired) electrons. The molecule has 0 bridgehead atoms. The van der Waals surface area contributed by atoms with Gasteiger partial charge in [0.1, 0.15) is 6.79 Å². The molecule has 1 aliphatic carbocycles. The highest BCUT2D eigenvalue weighted by atomic mass is 79.9. The summed E-state index contributed by atoms with van der Waals surface area (Å²) < 4.78 is 10.2. The van der Waals surface area contributed by atoms with Crippen LogP contribution in [0.15, 0.2) is 24.3 Å². The molecule has 0 fully saturated rings. The van der Waals surface area contributed by atoms with E-state index in [0.717, 1.165) is 0 Å². The van der Waals surface area contributed by atoms with Crippen LogP contribution < -0.4 is 0 Å². The lowest BCUT2D eigenvalue weighted by atomic mass is 10.00. The lowest BCUT2D eigenvalue weighted by molar-refractivity contribution is -0.0604. The highest BCUT2D eigenvalue weighted by Crippen LogP contribution is 2.29. The van der Waals surface area contributed by atoms with Crippen LogP contribution in [-0.4, -0.2) is 24.3 Å². The Labute approximate surface area is 81.4 Å². The summed E-state index contributed by atoms with van der Waals surface area (Å²) in [5, 5.41) is 0. The molecule has 0 aromatic carbocycles.